The number of rotatable bonds is 9. The van der Waals surface area contributed by atoms with Gasteiger partial charge in [0.2, 0.25) is 0 Å². The van der Waals surface area contributed by atoms with Gasteiger partial charge in [-0.15, -0.1) is 6.42 Å². The summed E-state index contributed by atoms with van der Waals surface area (Å²) in [5.74, 6) is 1.18. The van der Waals surface area contributed by atoms with Gasteiger partial charge in [-0.3, -0.25) is 4.98 Å². The summed E-state index contributed by atoms with van der Waals surface area (Å²) in [6.45, 7) is 4.66. The molecule has 3 fully saturated rings. The van der Waals surface area contributed by atoms with E-state index in [1.807, 2.05) is 11.8 Å². The predicted molar refractivity (Wildman–Crippen MR) is 160 cm³/mol. The molecular formula is C32H33F3N6O2. The minimum absolute atomic E-state index is 0.0611. The molecule has 5 heterocycles. The van der Waals surface area contributed by atoms with Crippen molar-refractivity contribution in [2.75, 3.05) is 24.6 Å². The number of alkyl halides is 1. The van der Waals surface area contributed by atoms with Gasteiger partial charge in [0.1, 0.15) is 35.2 Å². The van der Waals surface area contributed by atoms with Crippen LogP contribution < -0.4 is 20.7 Å². The third kappa shape index (κ3) is 5.41. The van der Waals surface area contributed by atoms with E-state index in [-0.39, 0.29) is 64.6 Å². The summed E-state index contributed by atoms with van der Waals surface area (Å²) >= 11 is 0. The summed E-state index contributed by atoms with van der Waals surface area (Å²) in [4.78, 5) is 15.6. The summed E-state index contributed by atoms with van der Waals surface area (Å²) in [5.41, 5.74) is 5.37. The summed E-state index contributed by atoms with van der Waals surface area (Å²) in [5, 5.41) is 15.0. The number of nitrogens with two attached hydrogens (primary N) is 1. The van der Waals surface area contributed by atoms with Crippen LogP contribution in [0.2, 0.25) is 0 Å². The number of hydrogen-bond acceptors (Lipinski definition) is 8. The summed E-state index contributed by atoms with van der Waals surface area (Å²) in [7, 11) is 0. The molecule has 4 unspecified atom stereocenters. The number of nitrogens with zero attached hydrogens (tertiary/aromatic N) is 4. The first-order chi connectivity index (χ1) is 20.6. The predicted octanol–water partition coefficient (Wildman–Crippen LogP) is 4.99. The van der Waals surface area contributed by atoms with Crippen LogP contribution in [0.5, 0.6) is 11.8 Å². The molecule has 4 aromatic rings. The molecule has 2 bridgehead atoms. The number of hydrogen-bond donors (Lipinski definition) is 3. The first-order valence-corrected chi connectivity index (χ1v) is 14.4. The number of anilines is 1. The molecule has 8 nitrogen and oxygen atoms in total. The number of piperazine rings is 1. The first kappa shape index (κ1) is 29.0. The van der Waals surface area contributed by atoms with Crippen LogP contribution in [0.15, 0.2) is 30.5 Å². The van der Waals surface area contributed by atoms with Crippen LogP contribution in [0.1, 0.15) is 45.1 Å². The van der Waals surface area contributed by atoms with E-state index in [2.05, 4.69) is 26.2 Å². The molecule has 0 radical (unpaired) electrons. The molecule has 43 heavy (non-hydrogen) atoms. The zero-order valence-electron chi connectivity index (χ0n) is 24.0. The van der Waals surface area contributed by atoms with Gasteiger partial charge in [-0.1, -0.05) is 25.3 Å². The number of terminal acetylenes is 1. The van der Waals surface area contributed by atoms with Crippen LogP contribution in [0.3, 0.4) is 0 Å². The van der Waals surface area contributed by atoms with Crippen LogP contribution in [-0.2, 0) is 0 Å². The summed E-state index contributed by atoms with van der Waals surface area (Å²) < 4.78 is 51.3. The number of benzene rings is 2. The van der Waals surface area contributed by atoms with Gasteiger partial charge in [-0.25, -0.2) is 13.2 Å². The molecule has 4 atom stereocenters. The first-order valence-electron chi connectivity index (χ1n) is 14.4. The van der Waals surface area contributed by atoms with Gasteiger partial charge in [0, 0.05) is 42.3 Å². The minimum Gasteiger partial charge on any atom is -0.508 e. The van der Waals surface area contributed by atoms with E-state index in [1.165, 1.54) is 37.4 Å². The number of nitrogens with one attached hydrogen (secondary N) is 1. The van der Waals surface area contributed by atoms with Crippen molar-refractivity contribution < 1.29 is 23.0 Å². The summed E-state index contributed by atoms with van der Waals surface area (Å²) in [6.07, 6.45) is 8.35. The standard InChI is InChI=1S/C32H33F3N6O2/c1-4-8-32(36,12-17(3)33)16-43-31-39-29-24(30(40-31)41-14-19-10-20(15-41)38-19)13-37-28(27(29)35)23-11-21(42)9-18-6-7-25(34)22(5-2)26(18)23/h2,6-7,9,11,13,17,19-20,38,42H,4,8,10,12,14-16,36H2,1,3H3. The van der Waals surface area contributed by atoms with E-state index in [1.54, 1.807) is 0 Å². The SMILES string of the molecule is C#Cc1c(F)ccc2cc(O)cc(-c3ncc4c(N5CC6CC(C5)N6)nc(OCC(N)(CCC)CC(C)F)nc4c3F)c12. The number of fused-ring (bicyclic) bond motifs is 4. The second-order valence-electron chi connectivity index (χ2n) is 11.8. The molecule has 11 heteroatoms. The van der Waals surface area contributed by atoms with E-state index in [4.69, 9.17) is 16.9 Å². The maximum Gasteiger partial charge on any atom is 0.319 e. The van der Waals surface area contributed by atoms with Crippen molar-refractivity contribution in [2.24, 2.45) is 5.73 Å². The number of halogens is 3. The average Bonchev–Trinajstić information content (AvgIpc) is 2.95. The third-order valence-corrected chi connectivity index (χ3v) is 8.24. The lowest BCUT2D eigenvalue weighted by Gasteiger charge is -2.48. The Morgan fingerprint density at radius 1 is 1.26 bits per heavy atom. The molecule has 0 amide bonds. The highest BCUT2D eigenvalue weighted by atomic mass is 19.1. The molecule has 0 aliphatic carbocycles. The second kappa shape index (κ2) is 11.2. The Balaban J connectivity index is 1.50. The second-order valence-corrected chi connectivity index (χ2v) is 11.8. The van der Waals surface area contributed by atoms with E-state index >= 15 is 4.39 Å². The van der Waals surface area contributed by atoms with E-state index in [0.717, 1.165) is 12.8 Å². The largest absolute Gasteiger partial charge is 0.508 e. The summed E-state index contributed by atoms with van der Waals surface area (Å²) in [6, 6.07) is 5.86. The lowest BCUT2D eigenvalue weighted by molar-refractivity contribution is 0.154. The fraction of sp³-hybridized carbons (Fsp3) is 0.406. The maximum absolute atomic E-state index is 16.6. The number of aromatic hydroxyl groups is 1. The number of ether oxygens (including phenoxy) is 1. The highest BCUT2D eigenvalue weighted by Crippen LogP contribution is 2.39. The molecular weight excluding hydrogens is 557 g/mol. The topological polar surface area (TPSA) is 109 Å². The zero-order chi connectivity index (χ0) is 30.5. The number of phenols is 1. The van der Waals surface area contributed by atoms with Crippen molar-refractivity contribution in [3.05, 3.63) is 47.7 Å². The van der Waals surface area contributed by atoms with Crippen molar-refractivity contribution in [2.45, 2.75) is 63.3 Å². The third-order valence-electron chi connectivity index (χ3n) is 8.24. The molecule has 7 rings (SSSR count). The molecule has 4 N–H and O–H groups in total. The number of aromatic nitrogens is 3. The Hall–Kier alpha value is -4.14. The van der Waals surface area contributed by atoms with Crippen LogP contribution in [0.4, 0.5) is 19.0 Å². The molecule has 2 aromatic carbocycles. The van der Waals surface area contributed by atoms with Crippen LogP contribution >= 0.6 is 0 Å². The van der Waals surface area contributed by atoms with Crippen molar-refractivity contribution >= 4 is 27.5 Å². The van der Waals surface area contributed by atoms with E-state index in [9.17, 15) is 13.9 Å². The quantitative estimate of drug-likeness (QED) is 0.234. The Labute approximate surface area is 247 Å². The lowest BCUT2D eigenvalue weighted by atomic mass is 9.90. The van der Waals surface area contributed by atoms with Crippen molar-refractivity contribution in [3.63, 3.8) is 0 Å². The number of phenolic OH excluding ortho intramolecular Hbond substituents is 1. The van der Waals surface area contributed by atoms with Crippen LogP contribution in [0.25, 0.3) is 32.9 Å². The van der Waals surface area contributed by atoms with Gasteiger partial charge in [-0.2, -0.15) is 9.97 Å². The zero-order valence-corrected chi connectivity index (χ0v) is 24.0. The molecule has 3 aliphatic rings. The van der Waals surface area contributed by atoms with E-state index < -0.39 is 23.3 Å². The fourth-order valence-electron chi connectivity index (χ4n) is 6.45. The number of pyridine rings is 1. The van der Waals surface area contributed by atoms with E-state index in [0.29, 0.717) is 36.1 Å². The monoisotopic (exact) mass is 590 g/mol. The molecule has 224 valence electrons. The smallest absolute Gasteiger partial charge is 0.319 e. The van der Waals surface area contributed by atoms with Crippen molar-refractivity contribution in [1.82, 2.24) is 20.3 Å². The Morgan fingerprint density at radius 3 is 2.67 bits per heavy atom. The highest BCUT2D eigenvalue weighted by molar-refractivity contribution is 6.03. The number of piperidine rings is 1. The van der Waals surface area contributed by atoms with Gasteiger partial charge in [0.05, 0.1) is 22.7 Å². The average molecular weight is 591 g/mol. The van der Waals surface area contributed by atoms with Crippen molar-refractivity contribution in [1.29, 1.82) is 0 Å². The van der Waals surface area contributed by atoms with Crippen LogP contribution in [-0.4, -0.2) is 63.5 Å². The lowest BCUT2D eigenvalue weighted by Crippen LogP contribution is -2.67. The maximum atomic E-state index is 16.6. The molecule has 3 saturated heterocycles. The minimum atomic E-state index is -1.14. The van der Waals surface area contributed by atoms with Gasteiger partial charge in [0.25, 0.3) is 0 Å². The van der Waals surface area contributed by atoms with Crippen LogP contribution in [0, 0.1) is 24.0 Å². The van der Waals surface area contributed by atoms with Gasteiger partial charge < -0.3 is 25.8 Å². The van der Waals surface area contributed by atoms with Gasteiger partial charge in [-0.05, 0) is 49.8 Å². The van der Waals surface area contributed by atoms with Gasteiger partial charge in [0.15, 0.2) is 5.82 Å². The highest BCUT2D eigenvalue weighted by Gasteiger charge is 2.38. The normalized spacial score (nSPS) is 20.0. The Kier molecular flexibility index (Phi) is 7.52. The molecule has 0 spiro atoms. The molecule has 0 saturated carbocycles. The van der Waals surface area contributed by atoms with Gasteiger partial charge >= 0.3 is 6.01 Å². The Bertz CT molecular complexity index is 1740. The molecule has 3 aliphatic heterocycles. The van der Waals surface area contributed by atoms with Crippen molar-refractivity contribution in [3.8, 4) is 35.4 Å². The molecule has 2 aromatic heterocycles. The Morgan fingerprint density at radius 2 is 2.00 bits per heavy atom. The fourth-order valence-corrected chi connectivity index (χ4v) is 6.45.